The van der Waals surface area contributed by atoms with Gasteiger partial charge in [-0.05, 0) is 0 Å². The molecule has 2 aromatic rings. The van der Waals surface area contributed by atoms with Crippen LogP contribution in [0.5, 0.6) is 5.75 Å². The number of aromatic nitrogens is 2. The first-order valence-corrected chi connectivity index (χ1v) is 4.72. The van der Waals surface area contributed by atoms with Gasteiger partial charge in [0.15, 0.2) is 0 Å². The fourth-order valence-electron chi connectivity index (χ4n) is 1.38. The number of benzene rings is 1. The van der Waals surface area contributed by atoms with Crippen LogP contribution in [-0.2, 0) is 0 Å². The number of anilines is 1. The van der Waals surface area contributed by atoms with E-state index in [1.807, 2.05) is 0 Å². The smallest absolute Gasteiger partial charge is 0.141 e. The van der Waals surface area contributed by atoms with E-state index in [-0.39, 0.29) is 22.8 Å². The zero-order valence-electron chi connectivity index (χ0n) is 8.95. The number of nitrogens with zero attached hydrogens (tertiary/aromatic N) is 2. The van der Waals surface area contributed by atoms with E-state index in [1.165, 1.54) is 19.5 Å². The highest BCUT2D eigenvalue weighted by Gasteiger charge is 2.15. The largest absolute Gasteiger partial charge is 0.497 e. The van der Waals surface area contributed by atoms with Crippen LogP contribution in [0.2, 0.25) is 0 Å². The molecule has 6 heteroatoms. The van der Waals surface area contributed by atoms with Crippen molar-refractivity contribution in [3.63, 3.8) is 0 Å². The van der Waals surface area contributed by atoms with E-state index in [1.54, 1.807) is 0 Å². The minimum atomic E-state index is -0.763. The molecule has 0 unspecified atom stereocenters. The van der Waals surface area contributed by atoms with Crippen molar-refractivity contribution in [3.8, 4) is 17.0 Å². The number of methoxy groups -OCH3 is 1. The van der Waals surface area contributed by atoms with Gasteiger partial charge in [-0.3, -0.25) is 4.98 Å². The summed E-state index contributed by atoms with van der Waals surface area (Å²) in [5.41, 5.74) is 5.17. The van der Waals surface area contributed by atoms with Gasteiger partial charge in [0.05, 0.1) is 30.8 Å². The summed E-state index contributed by atoms with van der Waals surface area (Å²) < 4.78 is 32.1. The van der Waals surface area contributed by atoms with Crippen LogP contribution in [0.15, 0.2) is 24.5 Å². The second-order valence-electron chi connectivity index (χ2n) is 3.29. The average molecular weight is 237 g/mol. The van der Waals surface area contributed by atoms with Gasteiger partial charge in [-0.2, -0.15) is 0 Å². The van der Waals surface area contributed by atoms with Crippen molar-refractivity contribution < 1.29 is 13.5 Å². The van der Waals surface area contributed by atoms with Crippen LogP contribution in [0.25, 0.3) is 11.3 Å². The van der Waals surface area contributed by atoms with Gasteiger partial charge < -0.3 is 10.5 Å². The molecule has 88 valence electrons. The second-order valence-corrected chi connectivity index (χ2v) is 3.29. The van der Waals surface area contributed by atoms with Crippen molar-refractivity contribution in [2.75, 3.05) is 12.8 Å². The monoisotopic (exact) mass is 237 g/mol. The maximum absolute atomic E-state index is 13.7. The van der Waals surface area contributed by atoms with E-state index < -0.39 is 11.6 Å². The summed E-state index contributed by atoms with van der Waals surface area (Å²) in [5, 5.41) is 0. The van der Waals surface area contributed by atoms with Gasteiger partial charge in [-0.1, -0.05) is 0 Å². The Bertz CT molecular complexity index is 520. The zero-order chi connectivity index (χ0) is 12.4. The third kappa shape index (κ3) is 2.15. The molecule has 2 rings (SSSR count). The van der Waals surface area contributed by atoms with E-state index >= 15 is 0 Å². The molecule has 1 heterocycles. The summed E-state index contributed by atoms with van der Waals surface area (Å²) in [6.07, 6.45) is 2.45. The van der Waals surface area contributed by atoms with Crippen LogP contribution in [0.3, 0.4) is 0 Å². The number of nitrogen functional groups attached to an aromatic ring is 1. The number of ether oxygens (including phenoxy) is 1. The summed E-state index contributed by atoms with van der Waals surface area (Å²) >= 11 is 0. The van der Waals surface area contributed by atoms with Crippen molar-refractivity contribution in [3.05, 3.63) is 36.2 Å². The van der Waals surface area contributed by atoms with Crippen molar-refractivity contribution >= 4 is 5.82 Å². The second kappa shape index (κ2) is 4.32. The van der Waals surface area contributed by atoms with Crippen LogP contribution in [-0.4, -0.2) is 17.1 Å². The quantitative estimate of drug-likeness (QED) is 0.867. The molecular formula is C11H9F2N3O. The molecule has 2 N–H and O–H groups in total. The molecule has 1 aromatic carbocycles. The molecule has 4 nitrogen and oxygen atoms in total. The summed E-state index contributed by atoms with van der Waals surface area (Å²) in [6.45, 7) is 0. The molecule has 0 radical (unpaired) electrons. The minimum Gasteiger partial charge on any atom is -0.497 e. The lowest BCUT2D eigenvalue weighted by molar-refractivity contribution is 0.407. The van der Waals surface area contributed by atoms with Crippen molar-refractivity contribution in [2.24, 2.45) is 0 Å². The van der Waals surface area contributed by atoms with Gasteiger partial charge in [0, 0.05) is 12.1 Å². The summed E-state index contributed by atoms with van der Waals surface area (Å²) in [4.78, 5) is 7.55. The van der Waals surface area contributed by atoms with Gasteiger partial charge >= 0.3 is 0 Å². The van der Waals surface area contributed by atoms with Crippen molar-refractivity contribution in [1.82, 2.24) is 9.97 Å². The Morgan fingerprint density at radius 2 is 1.76 bits per heavy atom. The maximum atomic E-state index is 13.7. The van der Waals surface area contributed by atoms with Crippen LogP contribution in [0, 0.1) is 11.6 Å². The lowest BCUT2D eigenvalue weighted by atomic mass is 10.1. The molecule has 0 aliphatic heterocycles. The first-order valence-electron chi connectivity index (χ1n) is 4.72. The molecule has 0 atom stereocenters. The first-order chi connectivity index (χ1) is 8.11. The molecule has 1 aromatic heterocycles. The zero-order valence-corrected chi connectivity index (χ0v) is 8.95. The minimum absolute atomic E-state index is 0.0804. The van der Waals surface area contributed by atoms with E-state index in [0.29, 0.717) is 0 Å². The lowest BCUT2D eigenvalue weighted by Crippen LogP contribution is -1.97. The summed E-state index contributed by atoms with van der Waals surface area (Å²) in [6, 6.07) is 2.16. The van der Waals surface area contributed by atoms with E-state index in [9.17, 15) is 8.78 Å². The topological polar surface area (TPSA) is 61.0 Å². The fraction of sp³-hybridized carbons (Fsp3) is 0.0909. The van der Waals surface area contributed by atoms with Crippen molar-refractivity contribution in [2.45, 2.75) is 0 Å². The number of nitrogens with two attached hydrogens (primary N) is 1. The van der Waals surface area contributed by atoms with Crippen molar-refractivity contribution in [1.29, 1.82) is 0 Å². The molecule has 0 bridgehead atoms. The van der Waals surface area contributed by atoms with Gasteiger partial charge in [-0.15, -0.1) is 0 Å². The number of hydrogen-bond acceptors (Lipinski definition) is 4. The molecule has 0 saturated heterocycles. The molecule has 0 aliphatic rings. The fourth-order valence-corrected chi connectivity index (χ4v) is 1.38. The normalized spacial score (nSPS) is 10.3. The Labute approximate surface area is 96.1 Å². The standard InChI is InChI=1S/C11H9F2N3O/c1-17-6-2-7(12)11(8(13)3-6)9-4-16-10(14)5-15-9/h2-5H,1H3,(H2,14,16). The Balaban J connectivity index is 2.55. The predicted molar refractivity (Wildman–Crippen MR) is 58.3 cm³/mol. The van der Waals surface area contributed by atoms with E-state index in [0.717, 1.165) is 12.1 Å². The van der Waals surface area contributed by atoms with Gasteiger partial charge in [-0.25, -0.2) is 13.8 Å². The molecule has 0 fully saturated rings. The van der Waals surface area contributed by atoms with E-state index in [2.05, 4.69) is 9.97 Å². The molecule has 0 aliphatic carbocycles. The Morgan fingerprint density at radius 3 is 2.24 bits per heavy atom. The average Bonchev–Trinajstić information content (AvgIpc) is 2.30. The first kappa shape index (κ1) is 11.3. The highest BCUT2D eigenvalue weighted by molar-refractivity contribution is 5.61. The molecule has 17 heavy (non-hydrogen) atoms. The van der Waals surface area contributed by atoms with E-state index in [4.69, 9.17) is 10.5 Å². The van der Waals surface area contributed by atoms with Gasteiger partial charge in [0.2, 0.25) is 0 Å². The highest BCUT2D eigenvalue weighted by Crippen LogP contribution is 2.27. The number of rotatable bonds is 2. The highest BCUT2D eigenvalue weighted by atomic mass is 19.1. The number of halogens is 2. The molecule has 0 spiro atoms. The van der Waals surface area contributed by atoms with Gasteiger partial charge in [0.25, 0.3) is 0 Å². The predicted octanol–water partition coefficient (Wildman–Crippen LogP) is 2.01. The third-order valence-electron chi connectivity index (χ3n) is 2.18. The molecule has 0 amide bonds. The van der Waals surface area contributed by atoms with Crippen LogP contribution in [0.4, 0.5) is 14.6 Å². The third-order valence-corrected chi connectivity index (χ3v) is 2.18. The molecular weight excluding hydrogens is 228 g/mol. The Morgan fingerprint density at radius 1 is 1.12 bits per heavy atom. The summed E-state index contributed by atoms with van der Waals surface area (Å²) in [5.74, 6) is -1.24. The van der Waals surface area contributed by atoms with Crippen LogP contribution >= 0.6 is 0 Å². The maximum Gasteiger partial charge on any atom is 0.141 e. The summed E-state index contributed by atoms with van der Waals surface area (Å²) in [7, 11) is 1.33. The van der Waals surface area contributed by atoms with Crippen LogP contribution < -0.4 is 10.5 Å². The Hall–Kier alpha value is -2.24. The van der Waals surface area contributed by atoms with Gasteiger partial charge in [0.1, 0.15) is 23.2 Å². The van der Waals surface area contributed by atoms with Crippen LogP contribution in [0.1, 0.15) is 0 Å². The number of hydrogen-bond donors (Lipinski definition) is 1. The molecule has 0 saturated carbocycles. The lowest BCUT2D eigenvalue weighted by Gasteiger charge is -2.06. The SMILES string of the molecule is COc1cc(F)c(-c2cnc(N)cn2)c(F)c1. The Kier molecular flexibility index (Phi) is 2.86.